The minimum absolute atomic E-state index is 0.265. The lowest BCUT2D eigenvalue weighted by Gasteiger charge is -1.95. The molecule has 1 unspecified atom stereocenters. The molecule has 42 valence electrons. The fourth-order valence-corrected chi connectivity index (χ4v) is 0.273. The quantitative estimate of drug-likeness (QED) is 0.588. The first-order valence-electron chi connectivity index (χ1n) is 1.82. The van der Waals surface area contributed by atoms with Crippen molar-refractivity contribution in [3.05, 3.63) is 10.6 Å². The molecule has 0 aliphatic carbocycles. The smallest absolute Gasteiger partial charge is 0.0876 e. The van der Waals surface area contributed by atoms with Crippen LogP contribution in [-0.2, 0) is 0 Å². The molecule has 0 spiro atoms. The molecule has 1 atom stereocenters. The molecule has 0 aliphatic rings. The molecule has 0 saturated heterocycles. The van der Waals surface area contributed by atoms with E-state index in [9.17, 15) is 0 Å². The zero-order valence-corrected chi connectivity index (χ0v) is 5.37. The fourth-order valence-electron chi connectivity index (χ4n) is 0.0912. The molecule has 0 heterocycles. The van der Waals surface area contributed by atoms with Crippen LogP contribution in [0.15, 0.2) is 10.6 Å². The van der Waals surface area contributed by atoms with Gasteiger partial charge in [-0.05, 0) is 6.92 Å². The van der Waals surface area contributed by atoms with Crippen LogP contribution in [0.3, 0.4) is 0 Å². The standard InChI is InChI=1S/C4H6Cl2O/c1-3(7)4(6)2-5/h2-3,7H,1H3/b4-2-. The average molecular weight is 141 g/mol. The summed E-state index contributed by atoms with van der Waals surface area (Å²) in [5.74, 6) is 0. The largest absolute Gasteiger partial charge is 0.388 e. The Labute approximate surface area is 52.5 Å². The summed E-state index contributed by atoms with van der Waals surface area (Å²) in [5.41, 5.74) is 1.15. The van der Waals surface area contributed by atoms with Crippen LogP contribution in [0.4, 0.5) is 0 Å². The van der Waals surface area contributed by atoms with Gasteiger partial charge in [0.05, 0.1) is 11.1 Å². The van der Waals surface area contributed by atoms with Gasteiger partial charge in [0.1, 0.15) is 0 Å². The molecule has 0 fully saturated rings. The summed E-state index contributed by atoms with van der Waals surface area (Å²) in [5, 5.41) is 8.80. The van der Waals surface area contributed by atoms with Gasteiger partial charge in [0, 0.05) is 5.54 Å². The van der Waals surface area contributed by atoms with Crippen LogP contribution in [0.1, 0.15) is 6.92 Å². The van der Waals surface area contributed by atoms with E-state index in [1.807, 2.05) is 0 Å². The van der Waals surface area contributed by atoms with E-state index in [1.54, 1.807) is 6.92 Å². The van der Waals surface area contributed by atoms with Gasteiger partial charge in [0.2, 0.25) is 0 Å². The highest BCUT2D eigenvalue weighted by Gasteiger charge is 1.96. The maximum absolute atomic E-state index is 8.54. The molecule has 7 heavy (non-hydrogen) atoms. The van der Waals surface area contributed by atoms with E-state index in [0.717, 1.165) is 5.54 Å². The third-order valence-electron chi connectivity index (χ3n) is 0.503. The first-order valence-corrected chi connectivity index (χ1v) is 2.63. The fraction of sp³-hybridized carbons (Fsp3) is 0.500. The van der Waals surface area contributed by atoms with Gasteiger partial charge in [-0.15, -0.1) is 0 Å². The Morgan fingerprint density at radius 1 is 1.86 bits per heavy atom. The second-order valence-corrected chi connectivity index (χ2v) is 1.82. The lowest BCUT2D eigenvalue weighted by atomic mass is 10.4. The SMILES string of the molecule is CC(O)/C(Cl)=C/Cl. The van der Waals surface area contributed by atoms with Crippen molar-refractivity contribution < 1.29 is 5.11 Å². The predicted octanol–water partition coefficient (Wildman–Crippen LogP) is 1.69. The van der Waals surface area contributed by atoms with E-state index in [4.69, 9.17) is 28.3 Å². The van der Waals surface area contributed by atoms with Crippen LogP contribution in [0.5, 0.6) is 0 Å². The predicted molar refractivity (Wildman–Crippen MR) is 31.5 cm³/mol. The summed E-state index contributed by atoms with van der Waals surface area (Å²) in [6, 6.07) is 0. The van der Waals surface area contributed by atoms with Gasteiger partial charge in [0.15, 0.2) is 0 Å². The van der Waals surface area contributed by atoms with Crippen LogP contribution >= 0.6 is 23.2 Å². The summed E-state index contributed by atoms with van der Waals surface area (Å²) in [6.45, 7) is 1.54. The Kier molecular flexibility index (Phi) is 3.44. The average Bonchev–Trinajstić information content (AvgIpc) is 1.65. The van der Waals surface area contributed by atoms with Gasteiger partial charge in [-0.25, -0.2) is 0 Å². The van der Waals surface area contributed by atoms with Gasteiger partial charge < -0.3 is 5.11 Å². The Balaban J connectivity index is 3.56. The van der Waals surface area contributed by atoms with E-state index < -0.39 is 6.10 Å². The molecule has 0 aliphatic heterocycles. The van der Waals surface area contributed by atoms with Crippen molar-refractivity contribution in [1.82, 2.24) is 0 Å². The molecule has 0 amide bonds. The van der Waals surface area contributed by atoms with E-state index >= 15 is 0 Å². The lowest BCUT2D eigenvalue weighted by molar-refractivity contribution is 0.240. The van der Waals surface area contributed by atoms with E-state index in [1.165, 1.54) is 0 Å². The highest BCUT2D eigenvalue weighted by Crippen LogP contribution is 2.07. The Morgan fingerprint density at radius 3 is 2.29 bits per heavy atom. The zero-order valence-electron chi connectivity index (χ0n) is 3.86. The molecular weight excluding hydrogens is 135 g/mol. The molecule has 1 N–H and O–H groups in total. The number of hydrogen-bond acceptors (Lipinski definition) is 1. The Bertz CT molecular complexity index is 77.8. The maximum atomic E-state index is 8.54. The van der Waals surface area contributed by atoms with Gasteiger partial charge in [-0.3, -0.25) is 0 Å². The van der Waals surface area contributed by atoms with Gasteiger partial charge >= 0.3 is 0 Å². The Morgan fingerprint density at radius 2 is 2.29 bits per heavy atom. The van der Waals surface area contributed by atoms with E-state index in [2.05, 4.69) is 0 Å². The monoisotopic (exact) mass is 140 g/mol. The van der Waals surface area contributed by atoms with Crippen LogP contribution < -0.4 is 0 Å². The molecule has 0 aromatic heterocycles. The van der Waals surface area contributed by atoms with E-state index in [-0.39, 0.29) is 5.03 Å². The molecule has 0 radical (unpaired) electrons. The van der Waals surface area contributed by atoms with Crippen molar-refractivity contribution in [1.29, 1.82) is 0 Å². The normalized spacial score (nSPS) is 16.9. The molecule has 0 aromatic rings. The second-order valence-electron chi connectivity index (χ2n) is 1.17. The molecule has 0 saturated carbocycles. The van der Waals surface area contributed by atoms with E-state index in [0.29, 0.717) is 0 Å². The van der Waals surface area contributed by atoms with Gasteiger partial charge in [-0.2, -0.15) is 0 Å². The number of rotatable bonds is 1. The molecule has 1 nitrogen and oxygen atoms in total. The van der Waals surface area contributed by atoms with Crippen LogP contribution in [-0.4, -0.2) is 11.2 Å². The van der Waals surface area contributed by atoms with Crippen LogP contribution in [0.25, 0.3) is 0 Å². The number of halogens is 2. The molecule has 0 aromatic carbocycles. The Hall–Kier alpha value is 0.280. The van der Waals surface area contributed by atoms with Crippen molar-refractivity contribution in [2.45, 2.75) is 13.0 Å². The summed E-state index contributed by atoms with van der Waals surface area (Å²) >= 11 is 10.4. The first-order chi connectivity index (χ1) is 3.18. The molecular formula is C4H6Cl2O. The zero-order chi connectivity index (χ0) is 5.86. The van der Waals surface area contributed by atoms with Crippen molar-refractivity contribution in [2.24, 2.45) is 0 Å². The van der Waals surface area contributed by atoms with Gasteiger partial charge in [-0.1, -0.05) is 23.2 Å². The lowest BCUT2D eigenvalue weighted by Crippen LogP contribution is -1.96. The number of hydrogen-bond donors (Lipinski definition) is 1. The topological polar surface area (TPSA) is 20.2 Å². The third-order valence-corrected chi connectivity index (χ3v) is 1.28. The minimum Gasteiger partial charge on any atom is -0.388 e. The molecule has 0 rings (SSSR count). The first kappa shape index (κ1) is 7.28. The number of aliphatic hydroxyl groups is 1. The highest BCUT2D eigenvalue weighted by atomic mass is 35.5. The van der Waals surface area contributed by atoms with Gasteiger partial charge in [0.25, 0.3) is 0 Å². The summed E-state index contributed by atoms with van der Waals surface area (Å²) in [7, 11) is 0. The number of aliphatic hydroxyl groups excluding tert-OH is 1. The van der Waals surface area contributed by atoms with Crippen molar-refractivity contribution in [2.75, 3.05) is 0 Å². The van der Waals surface area contributed by atoms with Crippen LogP contribution in [0, 0.1) is 0 Å². The highest BCUT2D eigenvalue weighted by molar-refractivity contribution is 6.36. The summed E-state index contributed by atoms with van der Waals surface area (Å²) in [6.07, 6.45) is -0.640. The summed E-state index contributed by atoms with van der Waals surface area (Å²) < 4.78 is 0. The third kappa shape index (κ3) is 2.92. The summed E-state index contributed by atoms with van der Waals surface area (Å²) in [4.78, 5) is 0. The molecule has 3 heteroatoms. The van der Waals surface area contributed by atoms with Crippen LogP contribution in [0.2, 0.25) is 0 Å². The van der Waals surface area contributed by atoms with Crippen molar-refractivity contribution >= 4 is 23.2 Å². The minimum atomic E-state index is -0.640. The molecule has 0 bridgehead atoms. The maximum Gasteiger partial charge on any atom is 0.0876 e. The van der Waals surface area contributed by atoms with Crippen molar-refractivity contribution in [3.63, 3.8) is 0 Å². The second kappa shape index (κ2) is 3.30. The van der Waals surface area contributed by atoms with Crippen molar-refractivity contribution in [3.8, 4) is 0 Å².